The molecule has 1 atom stereocenters. The highest BCUT2D eigenvalue weighted by Gasteiger charge is 2.45. The van der Waals surface area contributed by atoms with Crippen molar-refractivity contribution in [2.75, 3.05) is 44.8 Å². The van der Waals surface area contributed by atoms with Gasteiger partial charge in [0.05, 0.1) is 29.0 Å². The number of nitrogens with zero attached hydrogens (tertiary/aromatic N) is 3. The number of anilines is 1. The Hall–Kier alpha value is -4.83. The molecule has 14 nitrogen and oxygen atoms in total. The van der Waals surface area contributed by atoms with Gasteiger partial charge in [-0.25, -0.2) is 9.37 Å². The number of carbonyl (C=O) groups is 5. The monoisotopic (exact) mass is 790 g/mol. The number of nitrogens with one attached hydrogen (secondary N) is 3. The SMILES string of the molecule is O=C1CCC(N2C(=O)c3cccc(NCCCCCCC(=O)N4CCC(COc5cc(F)c6c(=O)[nH]c(CSC7CCOCC7)nc6c5)CC4)c3C2=O)C(=O)N1. The van der Waals surface area contributed by atoms with Crippen LogP contribution >= 0.6 is 11.8 Å². The zero-order valence-electron chi connectivity index (χ0n) is 31.2. The lowest BCUT2D eigenvalue weighted by molar-refractivity contribution is -0.136. The molecule has 5 heterocycles. The number of hydrogen-bond acceptors (Lipinski definition) is 11. The maximum Gasteiger partial charge on any atom is 0.264 e. The third kappa shape index (κ3) is 9.07. The number of carbonyl (C=O) groups excluding carboxylic acids is 5. The third-order valence-electron chi connectivity index (χ3n) is 11.0. The van der Waals surface area contributed by atoms with Crippen LogP contribution in [0.1, 0.15) is 97.2 Å². The van der Waals surface area contributed by atoms with Gasteiger partial charge in [-0.15, -0.1) is 0 Å². The van der Waals surface area contributed by atoms with Crippen molar-refractivity contribution < 1.29 is 37.8 Å². The first-order chi connectivity index (χ1) is 27.2. The number of likely N-dealkylation sites (tertiary alicyclic amines) is 1. The fourth-order valence-corrected chi connectivity index (χ4v) is 8.86. The van der Waals surface area contributed by atoms with E-state index in [9.17, 15) is 33.2 Å². The fourth-order valence-electron chi connectivity index (χ4n) is 7.80. The molecule has 3 aromatic rings. The van der Waals surface area contributed by atoms with E-state index in [2.05, 4.69) is 20.6 Å². The molecule has 4 aliphatic rings. The lowest BCUT2D eigenvalue weighted by atomic mass is 9.97. The predicted octanol–water partition coefficient (Wildman–Crippen LogP) is 4.56. The van der Waals surface area contributed by atoms with Crippen molar-refractivity contribution in [1.82, 2.24) is 25.1 Å². The van der Waals surface area contributed by atoms with Gasteiger partial charge in [0.1, 0.15) is 28.8 Å². The van der Waals surface area contributed by atoms with Crippen molar-refractivity contribution in [3.05, 3.63) is 63.5 Å². The average Bonchev–Trinajstić information content (AvgIpc) is 3.45. The van der Waals surface area contributed by atoms with Crippen molar-refractivity contribution in [3.63, 3.8) is 0 Å². The molecule has 0 saturated carbocycles. The molecule has 2 aromatic carbocycles. The van der Waals surface area contributed by atoms with Crippen molar-refractivity contribution in [2.24, 2.45) is 5.92 Å². The molecule has 3 fully saturated rings. The Morgan fingerprint density at radius 1 is 0.982 bits per heavy atom. The van der Waals surface area contributed by atoms with Crippen LogP contribution in [0.4, 0.5) is 10.1 Å². The zero-order chi connectivity index (χ0) is 39.2. The van der Waals surface area contributed by atoms with Crippen LogP contribution in [0.15, 0.2) is 35.1 Å². The van der Waals surface area contributed by atoms with Gasteiger partial charge in [-0.1, -0.05) is 18.9 Å². The molecule has 7 rings (SSSR count). The van der Waals surface area contributed by atoms with E-state index in [0.29, 0.717) is 60.9 Å². The molecule has 298 valence electrons. The van der Waals surface area contributed by atoms with E-state index in [1.807, 2.05) is 4.90 Å². The first kappa shape index (κ1) is 39.4. The van der Waals surface area contributed by atoms with E-state index < -0.39 is 41.0 Å². The van der Waals surface area contributed by atoms with Crippen molar-refractivity contribution >= 4 is 57.9 Å². The van der Waals surface area contributed by atoms with Crippen LogP contribution in [-0.2, 0) is 24.9 Å². The second-order valence-electron chi connectivity index (χ2n) is 14.8. The van der Waals surface area contributed by atoms with Crippen LogP contribution in [0, 0.1) is 11.7 Å². The van der Waals surface area contributed by atoms with Crippen LogP contribution in [0.3, 0.4) is 0 Å². The van der Waals surface area contributed by atoms with Gasteiger partial charge in [-0.3, -0.25) is 39.0 Å². The minimum Gasteiger partial charge on any atom is -0.493 e. The molecule has 5 amide bonds. The predicted molar refractivity (Wildman–Crippen MR) is 207 cm³/mol. The summed E-state index contributed by atoms with van der Waals surface area (Å²) >= 11 is 1.72. The zero-order valence-corrected chi connectivity index (χ0v) is 32.1. The Bertz CT molecular complexity index is 2050. The van der Waals surface area contributed by atoms with Crippen LogP contribution in [-0.4, -0.2) is 100 Å². The quantitative estimate of drug-likeness (QED) is 0.145. The molecular weight excluding hydrogens is 744 g/mol. The average molecular weight is 791 g/mol. The number of thioether (sulfide) groups is 1. The number of aromatic nitrogens is 2. The topological polar surface area (TPSA) is 180 Å². The first-order valence-electron chi connectivity index (χ1n) is 19.6. The molecule has 16 heteroatoms. The molecule has 3 saturated heterocycles. The Balaban J connectivity index is 0.797. The van der Waals surface area contributed by atoms with Gasteiger partial charge in [0.15, 0.2) is 0 Å². The molecule has 3 N–H and O–H groups in total. The highest BCUT2D eigenvalue weighted by molar-refractivity contribution is 7.99. The highest BCUT2D eigenvalue weighted by atomic mass is 32.2. The van der Waals surface area contributed by atoms with Crippen LogP contribution in [0.2, 0.25) is 0 Å². The first-order valence-corrected chi connectivity index (χ1v) is 20.6. The number of H-pyrrole nitrogens is 1. The molecule has 0 radical (unpaired) electrons. The van der Waals surface area contributed by atoms with Gasteiger partial charge >= 0.3 is 0 Å². The number of fused-ring (bicyclic) bond motifs is 2. The molecule has 1 aromatic heterocycles. The van der Waals surface area contributed by atoms with E-state index >= 15 is 0 Å². The summed E-state index contributed by atoms with van der Waals surface area (Å²) in [5, 5.41) is 5.84. The number of benzene rings is 2. The lowest BCUT2D eigenvalue weighted by Crippen LogP contribution is -2.54. The molecule has 1 unspecified atom stereocenters. The van der Waals surface area contributed by atoms with Crippen LogP contribution in [0.25, 0.3) is 10.9 Å². The van der Waals surface area contributed by atoms with E-state index in [4.69, 9.17) is 9.47 Å². The standard InChI is InChI=1S/C40H47FN6O8S/c41-28-20-25(21-30-36(28)38(51)44-32(43-30)23-56-26-13-18-54-19-14-26)55-22-24-11-16-46(17-12-24)34(49)8-3-1-2-4-15-42-29-7-5-6-27-35(29)40(53)47(39(27)52)31-9-10-33(48)45-37(31)50/h5-7,20-21,24,26,31,42H,1-4,8-19,22-23H2,(H,43,44,51)(H,45,48,50). The minimum absolute atomic E-state index is 0.0642. The largest absolute Gasteiger partial charge is 0.493 e. The molecule has 0 aliphatic carbocycles. The number of rotatable bonds is 15. The summed E-state index contributed by atoms with van der Waals surface area (Å²) < 4.78 is 26.4. The number of aromatic amines is 1. The number of hydrogen-bond donors (Lipinski definition) is 3. The normalized spacial score (nSPS) is 19.4. The fraction of sp³-hybridized carbons (Fsp3) is 0.525. The van der Waals surface area contributed by atoms with Crippen molar-refractivity contribution in [3.8, 4) is 5.75 Å². The van der Waals surface area contributed by atoms with Gasteiger partial charge in [0.2, 0.25) is 17.7 Å². The van der Waals surface area contributed by atoms with E-state index in [-0.39, 0.29) is 46.7 Å². The number of unbranched alkanes of at least 4 members (excludes halogenated alkanes) is 3. The van der Waals surface area contributed by atoms with Gasteiger partial charge in [-0.2, -0.15) is 11.8 Å². The van der Waals surface area contributed by atoms with E-state index in [1.54, 1.807) is 36.0 Å². The summed E-state index contributed by atoms with van der Waals surface area (Å²) in [6, 6.07) is 6.85. The summed E-state index contributed by atoms with van der Waals surface area (Å²) in [5.74, 6) is -1.09. The van der Waals surface area contributed by atoms with Crippen molar-refractivity contribution in [1.29, 1.82) is 0 Å². The van der Waals surface area contributed by atoms with E-state index in [0.717, 1.165) is 69.5 Å². The van der Waals surface area contributed by atoms with Crippen LogP contribution in [0.5, 0.6) is 5.75 Å². The van der Waals surface area contributed by atoms with Crippen molar-refractivity contribution in [2.45, 2.75) is 87.7 Å². The molecule has 0 bridgehead atoms. The Morgan fingerprint density at radius 2 is 1.77 bits per heavy atom. The highest BCUT2D eigenvalue weighted by Crippen LogP contribution is 2.33. The van der Waals surface area contributed by atoms with Gasteiger partial charge in [-0.05, 0) is 63.0 Å². The maximum absolute atomic E-state index is 15.0. The number of piperidine rings is 2. The lowest BCUT2D eigenvalue weighted by Gasteiger charge is -2.32. The molecule has 4 aliphatic heterocycles. The molecule has 0 spiro atoms. The number of halogens is 1. The Labute approximate surface area is 327 Å². The molecular formula is C40H47FN6O8S. The Kier molecular flexibility index (Phi) is 12.6. The van der Waals surface area contributed by atoms with Crippen LogP contribution < -0.4 is 20.9 Å². The van der Waals surface area contributed by atoms with E-state index in [1.165, 1.54) is 6.07 Å². The summed E-state index contributed by atoms with van der Waals surface area (Å²) in [4.78, 5) is 86.1. The third-order valence-corrected chi connectivity index (χ3v) is 12.3. The number of imide groups is 2. The summed E-state index contributed by atoms with van der Waals surface area (Å²) in [6.07, 6.45) is 7.40. The smallest absolute Gasteiger partial charge is 0.264 e. The molecule has 56 heavy (non-hydrogen) atoms. The Morgan fingerprint density at radius 3 is 2.55 bits per heavy atom. The summed E-state index contributed by atoms with van der Waals surface area (Å²) in [6.45, 7) is 3.69. The minimum atomic E-state index is -1.01. The second-order valence-corrected chi connectivity index (χ2v) is 16.1. The van der Waals surface area contributed by atoms with Gasteiger partial charge < -0.3 is 24.7 Å². The summed E-state index contributed by atoms with van der Waals surface area (Å²) in [7, 11) is 0. The van der Waals surface area contributed by atoms with Gasteiger partial charge in [0.25, 0.3) is 17.4 Å². The second kappa shape index (κ2) is 18.0. The number of ether oxygens (including phenoxy) is 2. The van der Waals surface area contributed by atoms with Gasteiger partial charge in [0, 0.05) is 68.8 Å². The maximum atomic E-state index is 15.0. The summed E-state index contributed by atoms with van der Waals surface area (Å²) in [5.41, 5.74) is 0.786. The number of amides is 5.